The number of hydrogen-bond acceptors (Lipinski definition) is 3. The van der Waals surface area contributed by atoms with Crippen molar-refractivity contribution in [2.45, 2.75) is 32.4 Å². The molecule has 1 N–H and O–H groups in total. The van der Waals surface area contributed by atoms with Crippen molar-refractivity contribution in [1.29, 1.82) is 0 Å². The van der Waals surface area contributed by atoms with E-state index in [1.165, 1.54) is 18.5 Å². The van der Waals surface area contributed by atoms with Crippen LogP contribution in [0.4, 0.5) is 0 Å². The van der Waals surface area contributed by atoms with E-state index < -0.39 is 0 Å². The second-order valence-electron chi connectivity index (χ2n) is 5.17. The van der Waals surface area contributed by atoms with Gasteiger partial charge in [-0.2, -0.15) is 0 Å². The minimum Gasteiger partial charge on any atom is -0.319 e. The molecule has 1 saturated heterocycles. The van der Waals surface area contributed by atoms with Crippen LogP contribution in [-0.4, -0.2) is 36.1 Å². The Morgan fingerprint density at radius 1 is 1.53 bits per heavy atom. The standard InChI is InChI=1S/C14H23N3/c1-11(2)17-8-6-13(9-15-3)14(17)12-5-4-7-16-10-12/h4-5,7,10-11,13-15H,6,8-9H2,1-3H3. The first-order valence-electron chi connectivity index (χ1n) is 6.54. The third kappa shape index (κ3) is 2.67. The fourth-order valence-electron chi connectivity index (χ4n) is 2.95. The van der Waals surface area contributed by atoms with Crippen LogP contribution in [0.1, 0.15) is 31.9 Å². The average Bonchev–Trinajstić information content (AvgIpc) is 2.74. The number of likely N-dealkylation sites (tertiary alicyclic amines) is 1. The maximum Gasteiger partial charge on any atom is 0.0406 e. The Kier molecular flexibility index (Phi) is 4.13. The first-order valence-corrected chi connectivity index (χ1v) is 6.54. The average molecular weight is 233 g/mol. The summed E-state index contributed by atoms with van der Waals surface area (Å²) in [6.07, 6.45) is 5.15. The van der Waals surface area contributed by atoms with Crippen molar-refractivity contribution in [1.82, 2.24) is 15.2 Å². The van der Waals surface area contributed by atoms with E-state index in [1.54, 1.807) is 0 Å². The van der Waals surface area contributed by atoms with Crippen LogP contribution in [0.3, 0.4) is 0 Å². The van der Waals surface area contributed by atoms with E-state index in [0.717, 1.165) is 6.54 Å². The molecule has 94 valence electrons. The molecule has 1 aromatic heterocycles. The molecule has 1 aliphatic heterocycles. The van der Waals surface area contributed by atoms with Crippen LogP contribution in [0.15, 0.2) is 24.5 Å². The van der Waals surface area contributed by atoms with Crippen LogP contribution in [0, 0.1) is 5.92 Å². The molecule has 0 amide bonds. The number of hydrogen-bond donors (Lipinski definition) is 1. The van der Waals surface area contributed by atoms with Crippen LogP contribution in [0.25, 0.3) is 0 Å². The van der Waals surface area contributed by atoms with Crippen molar-refractivity contribution >= 4 is 0 Å². The number of pyridine rings is 1. The van der Waals surface area contributed by atoms with Gasteiger partial charge in [-0.15, -0.1) is 0 Å². The maximum absolute atomic E-state index is 4.27. The molecule has 0 saturated carbocycles. The molecule has 0 radical (unpaired) electrons. The van der Waals surface area contributed by atoms with Crippen molar-refractivity contribution in [3.63, 3.8) is 0 Å². The van der Waals surface area contributed by atoms with Gasteiger partial charge in [-0.05, 0) is 58.0 Å². The maximum atomic E-state index is 4.27. The molecule has 1 aromatic rings. The van der Waals surface area contributed by atoms with Crippen molar-refractivity contribution in [3.05, 3.63) is 30.1 Å². The first-order chi connectivity index (χ1) is 8.24. The summed E-state index contributed by atoms with van der Waals surface area (Å²) in [5.74, 6) is 0.701. The van der Waals surface area contributed by atoms with E-state index in [1.807, 2.05) is 25.5 Å². The van der Waals surface area contributed by atoms with Crippen molar-refractivity contribution < 1.29 is 0 Å². The summed E-state index contributed by atoms with van der Waals surface area (Å²) in [4.78, 5) is 6.87. The summed E-state index contributed by atoms with van der Waals surface area (Å²) in [6, 6.07) is 5.38. The van der Waals surface area contributed by atoms with Gasteiger partial charge >= 0.3 is 0 Å². The van der Waals surface area contributed by atoms with E-state index in [4.69, 9.17) is 0 Å². The molecule has 1 aliphatic rings. The van der Waals surface area contributed by atoms with Crippen molar-refractivity contribution in [2.24, 2.45) is 5.92 Å². The first kappa shape index (κ1) is 12.5. The number of aromatic nitrogens is 1. The predicted molar refractivity (Wildman–Crippen MR) is 70.9 cm³/mol. The van der Waals surface area contributed by atoms with E-state index in [0.29, 0.717) is 18.0 Å². The smallest absolute Gasteiger partial charge is 0.0406 e. The quantitative estimate of drug-likeness (QED) is 0.863. The lowest BCUT2D eigenvalue weighted by atomic mass is 9.94. The Morgan fingerprint density at radius 2 is 2.35 bits per heavy atom. The Bertz CT molecular complexity index is 337. The topological polar surface area (TPSA) is 28.2 Å². The summed E-state index contributed by atoms with van der Waals surface area (Å²) in [7, 11) is 2.04. The molecule has 2 heterocycles. The molecule has 2 atom stereocenters. The van der Waals surface area contributed by atoms with Gasteiger partial charge in [0.1, 0.15) is 0 Å². The molecule has 0 aliphatic carbocycles. The number of nitrogens with zero attached hydrogens (tertiary/aromatic N) is 2. The molecule has 3 heteroatoms. The lowest BCUT2D eigenvalue weighted by Crippen LogP contribution is -2.33. The third-order valence-electron chi connectivity index (χ3n) is 3.72. The van der Waals surface area contributed by atoms with Crippen molar-refractivity contribution in [3.8, 4) is 0 Å². The second-order valence-corrected chi connectivity index (χ2v) is 5.17. The Balaban J connectivity index is 2.23. The number of nitrogens with one attached hydrogen (secondary N) is 1. The second kappa shape index (κ2) is 5.61. The van der Waals surface area contributed by atoms with Gasteiger partial charge in [0, 0.05) is 24.5 Å². The highest BCUT2D eigenvalue weighted by atomic mass is 15.2. The SMILES string of the molecule is CNCC1CCN(C(C)C)C1c1cccnc1. The molecule has 0 bridgehead atoms. The highest BCUT2D eigenvalue weighted by molar-refractivity contribution is 5.17. The zero-order valence-electron chi connectivity index (χ0n) is 11.1. The zero-order valence-corrected chi connectivity index (χ0v) is 11.1. The summed E-state index contributed by atoms with van der Waals surface area (Å²) >= 11 is 0. The van der Waals surface area contributed by atoms with E-state index >= 15 is 0 Å². The fourth-order valence-corrected chi connectivity index (χ4v) is 2.95. The predicted octanol–water partition coefficient (Wildman–Crippen LogP) is 2.07. The van der Waals surface area contributed by atoms with Crippen LogP contribution >= 0.6 is 0 Å². The van der Waals surface area contributed by atoms with Crippen LogP contribution in [-0.2, 0) is 0 Å². The molecule has 3 nitrogen and oxygen atoms in total. The zero-order chi connectivity index (χ0) is 12.3. The third-order valence-corrected chi connectivity index (χ3v) is 3.72. The molecule has 0 aromatic carbocycles. The van der Waals surface area contributed by atoms with Gasteiger partial charge in [0.05, 0.1) is 0 Å². The molecule has 17 heavy (non-hydrogen) atoms. The summed E-state index contributed by atoms with van der Waals surface area (Å²) in [5, 5.41) is 3.32. The molecule has 2 rings (SSSR count). The lowest BCUT2D eigenvalue weighted by molar-refractivity contribution is 0.182. The Morgan fingerprint density at radius 3 is 2.94 bits per heavy atom. The monoisotopic (exact) mass is 233 g/mol. The van der Waals surface area contributed by atoms with Gasteiger partial charge in [-0.1, -0.05) is 6.07 Å². The van der Waals surface area contributed by atoms with Crippen molar-refractivity contribution in [2.75, 3.05) is 20.1 Å². The van der Waals surface area contributed by atoms with Gasteiger partial charge in [0.25, 0.3) is 0 Å². The van der Waals surface area contributed by atoms with E-state index in [2.05, 4.69) is 35.1 Å². The van der Waals surface area contributed by atoms with Crippen LogP contribution in [0.5, 0.6) is 0 Å². The molecule has 2 unspecified atom stereocenters. The van der Waals surface area contributed by atoms with E-state index in [-0.39, 0.29) is 0 Å². The Labute approximate surface area is 104 Å². The molecule has 0 spiro atoms. The summed E-state index contributed by atoms with van der Waals surface area (Å²) in [5.41, 5.74) is 1.36. The highest BCUT2D eigenvalue weighted by Crippen LogP contribution is 2.37. The largest absolute Gasteiger partial charge is 0.319 e. The lowest BCUT2D eigenvalue weighted by Gasteiger charge is -2.31. The van der Waals surface area contributed by atoms with Gasteiger partial charge < -0.3 is 5.32 Å². The minimum atomic E-state index is 0.524. The van der Waals surface area contributed by atoms with E-state index in [9.17, 15) is 0 Å². The summed E-state index contributed by atoms with van der Waals surface area (Å²) < 4.78 is 0. The normalized spacial score (nSPS) is 25.6. The highest BCUT2D eigenvalue weighted by Gasteiger charge is 2.35. The van der Waals surface area contributed by atoms with Gasteiger partial charge in [0.15, 0.2) is 0 Å². The molecule has 1 fully saturated rings. The fraction of sp³-hybridized carbons (Fsp3) is 0.643. The van der Waals surface area contributed by atoms with Gasteiger partial charge in [-0.3, -0.25) is 9.88 Å². The van der Waals surface area contributed by atoms with Crippen LogP contribution in [0.2, 0.25) is 0 Å². The minimum absolute atomic E-state index is 0.524. The Hall–Kier alpha value is -0.930. The van der Waals surface area contributed by atoms with Gasteiger partial charge in [0.2, 0.25) is 0 Å². The summed E-state index contributed by atoms with van der Waals surface area (Å²) in [6.45, 7) is 6.85. The molecular weight excluding hydrogens is 210 g/mol. The molecular formula is C14H23N3. The van der Waals surface area contributed by atoms with Gasteiger partial charge in [-0.25, -0.2) is 0 Å². The number of rotatable bonds is 4. The van der Waals surface area contributed by atoms with Crippen LogP contribution < -0.4 is 5.32 Å².